The molecule has 0 aromatic heterocycles. The molecule has 18 heavy (non-hydrogen) atoms. The number of hydrogen-bond acceptors (Lipinski definition) is 3. The first kappa shape index (κ1) is 15.1. The van der Waals surface area contributed by atoms with Gasteiger partial charge in [-0.05, 0) is 24.5 Å². The molecule has 4 nitrogen and oxygen atoms in total. The molecule has 0 saturated heterocycles. The van der Waals surface area contributed by atoms with E-state index in [4.69, 9.17) is 5.73 Å². The maximum Gasteiger partial charge on any atom is 0.218 e. The van der Waals surface area contributed by atoms with Crippen LogP contribution in [-0.2, 0) is 22.3 Å². The lowest BCUT2D eigenvalue weighted by Gasteiger charge is -2.23. The maximum absolute atomic E-state index is 12.2. The highest BCUT2D eigenvalue weighted by Crippen LogP contribution is 2.14. The number of nitrogens with two attached hydrogens (primary N) is 1. The van der Waals surface area contributed by atoms with Crippen LogP contribution in [0.2, 0.25) is 0 Å². The van der Waals surface area contributed by atoms with Gasteiger partial charge in [0.25, 0.3) is 0 Å². The minimum atomic E-state index is -3.26. The Bertz CT molecular complexity index is 486. The van der Waals surface area contributed by atoms with Gasteiger partial charge >= 0.3 is 0 Å². The molecule has 0 amide bonds. The molecule has 0 bridgehead atoms. The Morgan fingerprint density at radius 1 is 1.33 bits per heavy atom. The number of nitrogens with zero attached hydrogens (tertiary/aromatic N) is 1. The molecular weight excluding hydrogens is 248 g/mol. The largest absolute Gasteiger partial charge is 0.326 e. The summed E-state index contributed by atoms with van der Waals surface area (Å²) in [6.07, 6.45) is 0.804. The summed E-state index contributed by atoms with van der Waals surface area (Å²) in [4.78, 5) is 0. The van der Waals surface area contributed by atoms with Gasteiger partial charge in [-0.1, -0.05) is 31.2 Å². The van der Waals surface area contributed by atoms with Crippen molar-refractivity contribution in [2.24, 2.45) is 5.73 Å². The lowest BCUT2D eigenvalue weighted by Crippen LogP contribution is -2.35. The minimum Gasteiger partial charge on any atom is -0.326 e. The van der Waals surface area contributed by atoms with E-state index in [2.05, 4.69) is 0 Å². The van der Waals surface area contributed by atoms with E-state index in [0.29, 0.717) is 6.54 Å². The molecule has 0 aliphatic rings. The molecule has 0 aliphatic carbocycles. The zero-order chi connectivity index (χ0) is 13.8. The Morgan fingerprint density at radius 3 is 2.50 bits per heavy atom. The minimum absolute atomic E-state index is 0.0210. The molecule has 2 N–H and O–H groups in total. The van der Waals surface area contributed by atoms with Gasteiger partial charge < -0.3 is 5.73 Å². The lowest BCUT2D eigenvalue weighted by molar-refractivity contribution is 0.380. The highest BCUT2D eigenvalue weighted by Gasteiger charge is 2.22. The van der Waals surface area contributed by atoms with Crippen molar-refractivity contribution < 1.29 is 8.42 Å². The first-order chi connectivity index (χ1) is 8.40. The molecule has 0 heterocycles. The Morgan fingerprint density at radius 2 is 1.94 bits per heavy atom. The van der Waals surface area contributed by atoms with Gasteiger partial charge in [-0.2, -0.15) is 0 Å². The van der Waals surface area contributed by atoms with Crippen LogP contribution in [0.25, 0.3) is 0 Å². The van der Waals surface area contributed by atoms with Crippen molar-refractivity contribution in [2.45, 2.75) is 38.6 Å². The summed E-state index contributed by atoms with van der Waals surface area (Å²) in [5.41, 5.74) is 7.29. The number of hydrogen-bond donors (Lipinski definition) is 1. The van der Waals surface area contributed by atoms with Crippen molar-refractivity contribution in [3.63, 3.8) is 0 Å². The molecule has 0 spiro atoms. The standard InChI is InChI=1S/C13H22N2O2S/c1-4-11(2)15(3)18(16,17)10-13-7-5-6-12(8-13)9-14/h5-8,11H,4,9-10,14H2,1-3H3. The molecule has 1 aromatic rings. The Hall–Kier alpha value is -0.910. The van der Waals surface area contributed by atoms with Crippen LogP contribution in [0.4, 0.5) is 0 Å². The van der Waals surface area contributed by atoms with Crippen molar-refractivity contribution in [3.05, 3.63) is 35.4 Å². The third kappa shape index (κ3) is 3.80. The third-order valence-electron chi connectivity index (χ3n) is 3.23. The molecule has 102 valence electrons. The van der Waals surface area contributed by atoms with E-state index in [-0.39, 0.29) is 11.8 Å². The molecular formula is C13H22N2O2S. The molecule has 1 atom stereocenters. The maximum atomic E-state index is 12.2. The van der Waals surface area contributed by atoms with E-state index in [1.54, 1.807) is 7.05 Å². The summed E-state index contributed by atoms with van der Waals surface area (Å²) in [5.74, 6) is 0.0294. The monoisotopic (exact) mass is 270 g/mol. The zero-order valence-electron chi connectivity index (χ0n) is 11.3. The summed E-state index contributed by atoms with van der Waals surface area (Å²) in [7, 11) is -1.62. The Kier molecular flexibility index (Phi) is 5.31. The summed E-state index contributed by atoms with van der Waals surface area (Å²) in [6, 6.07) is 7.43. The lowest BCUT2D eigenvalue weighted by atomic mass is 10.1. The average Bonchev–Trinajstić information content (AvgIpc) is 2.36. The van der Waals surface area contributed by atoms with E-state index in [9.17, 15) is 8.42 Å². The smallest absolute Gasteiger partial charge is 0.218 e. The van der Waals surface area contributed by atoms with E-state index < -0.39 is 10.0 Å². The number of rotatable bonds is 6. The van der Waals surface area contributed by atoms with Crippen LogP contribution in [0.3, 0.4) is 0 Å². The van der Waals surface area contributed by atoms with Gasteiger partial charge in [0, 0.05) is 19.6 Å². The van der Waals surface area contributed by atoms with Gasteiger partial charge in [0.15, 0.2) is 0 Å². The summed E-state index contributed by atoms with van der Waals surface area (Å²) in [5, 5.41) is 0. The molecule has 0 aliphatic heterocycles. The second-order valence-electron chi connectivity index (χ2n) is 4.55. The van der Waals surface area contributed by atoms with Crippen LogP contribution in [-0.4, -0.2) is 25.8 Å². The summed E-state index contributed by atoms with van der Waals surface area (Å²) < 4.78 is 25.8. The highest BCUT2D eigenvalue weighted by atomic mass is 32.2. The van der Waals surface area contributed by atoms with Crippen LogP contribution >= 0.6 is 0 Å². The van der Waals surface area contributed by atoms with Crippen LogP contribution in [0.1, 0.15) is 31.4 Å². The molecule has 1 unspecified atom stereocenters. The van der Waals surface area contributed by atoms with Crippen molar-refractivity contribution >= 4 is 10.0 Å². The molecule has 1 aromatic carbocycles. The second kappa shape index (κ2) is 6.31. The molecule has 5 heteroatoms. The SMILES string of the molecule is CCC(C)N(C)S(=O)(=O)Cc1cccc(CN)c1. The van der Waals surface area contributed by atoms with E-state index in [0.717, 1.165) is 17.5 Å². The quantitative estimate of drug-likeness (QED) is 0.856. The van der Waals surface area contributed by atoms with Gasteiger partial charge in [0.05, 0.1) is 5.75 Å². The predicted octanol–water partition coefficient (Wildman–Crippen LogP) is 1.71. The van der Waals surface area contributed by atoms with Crippen molar-refractivity contribution in [2.75, 3.05) is 7.05 Å². The normalized spacial score (nSPS) is 13.8. The van der Waals surface area contributed by atoms with Crippen LogP contribution in [0.5, 0.6) is 0 Å². The van der Waals surface area contributed by atoms with Gasteiger partial charge in [0.2, 0.25) is 10.0 Å². The first-order valence-electron chi connectivity index (χ1n) is 6.14. The molecule has 0 radical (unpaired) electrons. The van der Waals surface area contributed by atoms with E-state index in [1.807, 2.05) is 38.1 Å². The van der Waals surface area contributed by atoms with E-state index >= 15 is 0 Å². The van der Waals surface area contributed by atoms with Gasteiger partial charge in [-0.3, -0.25) is 0 Å². The van der Waals surface area contributed by atoms with Gasteiger partial charge in [0.1, 0.15) is 0 Å². The molecule has 1 rings (SSSR count). The van der Waals surface area contributed by atoms with Crippen molar-refractivity contribution in [1.29, 1.82) is 0 Å². The van der Waals surface area contributed by atoms with Crippen LogP contribution in [0, 0.1) is 0 Å². The average molecular weight is 270 g/mol. The Balaban J connectivity index is 2.88. The highest BCUT2D eigenvalue weighted by molar-refractivity contribution is 7.88. The van der Waals surface area contributed by atoms with E-state index in [1.165, 1.54) is 4.31 Å². The fourth-order valence-corrected chi connectivity index (χ4v) is 3.19. The number of benzene rings is 1. The van der Waals surface area contributed by atoms with Gasteiger partial charge in [-0.15, -0.1) is 0 Å². The second-order valence-corrected chi connectivity index (χ2v) is 6.58. The predicted molar refractivity (Wildman–Crippen MR) is 74.5 cm³/mol. The van der Waals surface area contributed by atoms with Crippen molar-refractivity contribution in [1.82, 2.24) is 4.31 Å². The van der Waals surface area contributed by atoms with Crippen LogP contribution < -0.4 is 5.73 Å². The first-order valence-corrected chi connectivity index (χ1v) is 7.75. The molecule has 0 saturated carbocycles. The van der Waals surface area contributed by atoms with Gasteiger partial charge in [-0.25, -0.2) is 12.7 Å². The topological polar surface area (TPSA) is 63.4 Å². The van der Waals surface area contributed by atoms with Crippen molar-refractivity contribution in [3.8, 4) is 0 Å². The Labute approximate surface area is 110 Å². The fourth-order valence-electron chi connectivity index (χ4n) is 1.69. The summed E-state index contributed by atoms with van der Waals surface area (Å²) >= 11 is 0. The molecule has 0 fully saturated rings. The van der Waals surface area contributed by atoms with Crippen LogP contribution in [0.15, 0.2) is 24.3 Å². The fraction of sp³-hybridized carbons (Fsp3) is 0.538. The summed E-state index contributed by atoms with van der Waals surface area (Å²) in [6.45, 7) is 4.31. The number of sulfonamides is 1. The third-order valence-corrected chi connectivity index (χ3v) is 5.16. The zero-order valence-corrected chi connectivity index (χ0v) is 12.1.